The molecule has 6 heteroatoms. The van der Waals surface area contributed by atoms with Crippen LogP contribution in [0.5, 0.6) is 0 Å². The Morgan fingerprint density at radius 1 is 1.41 bits per heavy atom. The van der Waals surface area contributed by atoms with Crippen molar-refractivity contribution in [3.05, 3.63) is 23.9 Å². The summed E-state index contributed by atoms with van der Waals surface area (Å²) in [4.78, 5) is 4.10. The Morgan fingerprint density at radius 2 is 2.12 bits per heavy atom. The van der Waals surface area contributed by atoms with Gasteiger partial charge < -0.3 is 5.32 Å². The maximum atomic E-state index is 11.3. The molecule has 0 saturated carbocycles. The molecule has 1 saturated heterocycles. The van der Waals surface area contributed by atoms with Gasteiger partial charge in [-0.2, -0.15) is 5.26 Å². The Hall–Kier alpha value is -1.61. The maximum absolute atomic E-state index is 11.3. The number of anilines is 1. The predicted molar refractivity (Wildman–Crippen MR) is 64.3 cm³/mol. The van der Waals surface area contributed by atoms with E-state index in [2.05, 4.69) is 16.4 Å². The smallest absolute Gasteiger partial charge is 0.150 e. The van der Waals surface area contributed by atoms with E-state index in [0.717, 1.165) is 0 Å². The Labute approximate surface area is 100 Å². The van der Waals surface area contributed by atoms with E-state index in [1.165, 1.54) is 0 Å². The highest BCUT2D eigenvalue weighted by atomic mass is 32.2. The number of pyridine rings is 1. The first-order valence-corrected chi connectivity index (χ1v) is 7.25. The minimum absolute atomic E-state index is 0.0838. The Balaban J connectivity index is 2.05. The van der Waals surface area contributed by atoms with E-state index in [1.807, 2.05) is 0 Å². The molecule has 0 aromatic carbocycles. The number of nitriles is 1. The third-order valence-electron chi connectivity index (χ3n) is 2.82. The highest BCUT2D eigenvalue weighted by molar-refractivity contribution is 7.91. The fraction of sp³-hybridized carbons (Fsp3) is 0.455. The van der Waals surface area contributed by atoms with Crippen LogP contribution in [-0.4, -0.2) is 30.9 Å². The fourth-order valence-corrected chi connectivity index (χ4v) is 3.33. The molecule has 1 aromatic heterocycles. The molecule has 90 valence electrons. The largest absolute Gasteiger partial charge is 0.366 e. The molecule has 0 atom stereocenters. The number of nitrogens with one attached hydrogen (secondary N) is 1. The SMILES string of the molecule is N#Cc1cccnc1NC1CCS(=O)(=O)CC1. The number of hydrogen-bond acceptors (Lipinski definition) is 5. The van der Waals surface area contributed by atoms with E-state index in [-0.39, 0.29) is 17.5 Å². The summed E-state index contributed by atoms with van der Waals surface area (Å²) >= 11 is 0. The van der Waals surface area contributed by atoms with Crippen molar-refractivity contribution in [3.8, 4) is 6.07 Å². The van der Waals surface area contributed by atoms with E-state index >= 15 is 0 Å². The zero-order valence-electron chi connectivity index (χ0n) is 9.26. The Morgan fingerprint density at radius 3 is 2.76 bits per heavy atom. The first kappa shape index (κ1) is 11.9. The molecule has 1 aromatic rings. The average Bonchev–Trinajstić information content (AvgIpc) is 2.32. The first-order chi connectivity index (χ1) is 8.11. The second-order valence-electron chi connectivity index (χ2n) is 4.08. The van der Waals surface area contributed by atoms with E-state index in [9.17, 15) is 8.42 Å². The topological polar surface area (TPSA) is 82.8 Å². The van der Waals surface area contributed by atoms with Crippen LogP contribution >= 0.6 is 0 Å². The summed E-state index contributed by atoms with van der Waals surface area (Å²) in [5.41, 5.74) is 0.487. The normalized spacial score (nSPS) is 19.5. The van der Waals surface area contributed by atoms with E-state index in [4.69, 9.17) is 5.26 Å². The highest BCUT2D eigenvalue weighted by Crippen LogP contribution is 2.18. The van der Waals surface area contributed by atoms with Gasteiger partial charge >= 0.3 is 0 Å². The van der Waals surface area contributed by atoms with Crippen LogP contribution in [-0.2, 0) is 9.84 Å². The van der Waals surface area contributed by atoms with Crippen LogP contribution in [0.2, 0.25) is 0 Å². The van der Waals surface area contributed by atoms with Gasteiger partial charge in [-0.1, -0.05) is 0 Å². The lowest BCUT2D eigenvalue weighted by Crippen LogP contribution is -2.32. The molecule has 0 radical (unpaired) electrons. The second kappa shape index (κ2) is 4.72. The van der Waals surface area contributed by atoms with Gasteiger partial charge in [0.2, 0.25) is 0 Å². The summed E-state index contributed by atoms with van der Waals surface area (Å²) in [5, 5.41) is 12.0. The summed E-state index contributed by atoms with van der Waals surface area (Å²) < 4.78 is 22.6. The van der Waals surface area contributed by atoms with Crippen LogP contribution in [0.15, 0.2) is 18.3 Å². The number of hydrogen-bond donors (Lipinski definition) is 1. The number of rotatable bonds is 2. The summed E-state index contributed by atoms with van der Waals surface area (Å²) in [6.07, 6.45) is 2.76. The number of aromatic nitrogens is 1. The number of sulfone groups is 1. The molecule has 0 bridgehead atoms. The lowest BCUT2D eigenvalue weighted by molar-refractivity contribution is 0.559. The van der Waals surface area contributed by atoms with Crippen molar-refractivity contribution in [1.82, 2.24) is 4.98 Å². The van der Waals surface area contributed by atoms with Crippen molar-refractivity contribution in [2.24, 2.45) is 0 Å². The van der Waals surface area contributed by atoms with Gasteiger partial charge in [-0.3, -0.25) is 0 Å². The molecule has 17 heavy (non-hydrogen) atoms. The number of nitrogens with zero attached hydrogens (tertiary/aromatic N) is 2. The zero-order chi connectivity index (χ0) is 12.3. The molecule has 5 nitrogen and oxygen atoms in total. The lowest BCUT2D eigenvalue weighted by atomic mass is 10.1. The Kier molecular flexibility index (Phi) is 3.29. The summed E-state index contributed by atoms with van der Waals surface area (Å²) in [7, 11) is -2.85. The van der Waals surface area contributed by atoms with Crippen molar-refractivity contribution in [2.45, 2.75) is 18.9 Å². The molecule has 0 spiro atoms. The summed E-state index contributed by atoms with van der Waals surface area (Å²) in [6.45, 7) is 0. The predicted octanol–water partition coefficient (Wildman–Crippen LogP) is 0.942. The minimum atomic E-state index is -2.85. The van der Waals surface area contributed by atoms with Crippen molar-refractivity contribution >= 4 is 15.7 Å². The van der Waals surface area contributed by atoms with Crippen LogP contribution in [0, 0.1) is 11.3 Å². The molecule has 1 aliphatic rings. The van der Waals surface area contributed by atoms with E-state index in [0.29, 0.717) is 24.2 Å². The lowest BCUT2D eigenvalue weighted by Gasteiger charge is -2.23. The van der Waals surface area contributed by atoms with Crippen LogP contribution in [0.3, 0.4) is 0 Å². The van der Waals surface area contributed by atoms with Crippen molar-refractivity contribution in [1.29, 1.82) is 5.26 Å². The van der Waals surface area contributed by atoms with E-state index in [1.54, 1.807) is 18.3 Å². The molecule has 0 unspecified atom stereocenters. The van der Waals surface area contributed by atoms with Gasteiger partial charge in [0, 0.05) is 12.2 Å². The molecule has 0 aliphatic carbocycles. The minimum Gasteiger partial charge on any atom is -0.366 e. The third-order valence-corrected chi connectivity index (χ3v) is 4.54. The molecule has 2 rings (SSSR count). The maximum Gasteiger partial charge on any atom is 0.150 e. The molecule has 0 amide bonds. The molecule has 1 fully saturated rings. The van der Waals surface area contributed by atoms with Crippen LogP contribution in [0.25, 0.3) is 0 Å². The van der Waals surface area contributed by atoms with Gasteiger partial charge in [0.1, 0.15) is 21.7 Å². The molecule has 2 heterocycles. The monoisotopic (exact) mass is 251 g/mol. The Bertz CT molecular complexity index is 534. The van der Waals surface area contributed by atoms with Gasteiger partial charge in [0.15, 0.2) is 0 Å². The van der Waals surface area contributed by atoms with Gasteiger partial charge in [0.25, 0.3) is 0 Å². The quantitative estimate of drug-likeness (QED) is 0.845. The van der Waals surface area contributed by atoms with E-state index < -0.39 is 9.84 Å². The summed E-state index contributed by atoms with van der Waals surface area (Å²) in [5.74, 6) is 0.956. The van der Waals surface area contributed by atoms with Gasteiger partial charge in [-0.15, -0.1) is 0 Å². The van der Waals surface area contributed by atoms with Crippen molar-refractivity contribution < 1.29 is 8.42 Å². The van der Waals surface area contributed by atoms with Gasteiger partial charge in [-0.05, 0) is 25.0 Å². The first-order valence-electron chi connectivity index (χ1n) is 5.43. The second-order valence-corrected chi connectivity index (χ2v) is 6.39. The van der Waals surface area contributed by atoms with Crippen LogP contribution in [0.4, 0.5) is 5.82 Å². The molecule has 1 N–H and O–H groups in total. The van der Waals surface area contributed by atoms with Crippen LogP contribution < -0.4 is 5.32 Å². The van der Waals surface area contributed by atoms with Crippen molar-refractivity contribution in [3.63, 3.8) is 0 Å². The average molecular weight is 251 g/mol. The third kappa shape index (κ3) is 2.94. The molecular formula is C11H13N3O2S. The highest BCUT2D eigenvalue weighted by Gasteiger charge is 2.24. The standard InChI is InChI=1S/C11H13N3O2S/c12-8-9-2-1-5-13-11(9)14-10-3-6-17(15,16)7-4-10/h1-2,5,10H,3-4,6-7H2,(H,13,14). The van der Waals surface area contributed by atoms with Crippen molar-refractivity contribution in [2.75, 3.05) is 16.8 Å². The van der Waals surface area contributed by atoms with Gasteiger partial charge in [0.05, 0.1) is 17.1 Å². The molecular weight excluding hydrogens is 238 g/mol. The van der Waals surface area contributed by atoms with Crippen LogP contribution in [0.1, 0.15) is 18.4 Å². The van der Waals surface area contributed by atoms with Gasteiger partial charge in [-0.25, -0.2) is 13.4 Å². The molecule has 1 aliphatic heterocycles. The summed E-state index contributed by atoms with van der Waals surface area (Å²) in [6, 6.07) is 5.53. The fourth-order valence-electron chi connectivity index (χ4n) is 1.84. The zero-order valence-corrected chi connectivity index (χ0v) is 10.1.